The van der Waals surface area contributed by atoms with Crippen molar-refractivity contribution in [1.29, 1.82) is 0 Å². The smallest absolute Gasteiger partial charge is 0.195 e. The average molecular weight is 520 g/mol. The number of imidazole rings is 1. The summed E-state index contributed by atoms with van der Waals surface area (Å²) in [7, 11) is 0. The van der Waals surface area contributed by atoms with Crippen molar-refractivity contribution < 1.29 is 4.74 Å². The molecule has 0 saturated carbocycles. The van der Waals surface area contributed by atoms with Gasteiger partial charge in [0.25, 0.3) is 0 Å². The molecular formula is C26H19Cl2N5OS. The predicted molar refractivity (Wildman–Crippen MR) is 140 cm³/mol. The zero-order chi connectivity index (χ0) is 23.8. The second kappa shape index (κ2) is 9.43. The highest BCUT2D eigenvalue weighted by molar-refractivity contribution is 7.23. The normalized spacial score (nSPS) is 11.6. The molecule has 3 aromatic carbocycles. The lowest BCUT2D eigenvalue weighted by atomic mass is 10.1. The number of hydrogen-bond donors (Lipinski definition) is 0. The number of thiazole rings is 1. The van der Waals surface area contributed by atoms with E-state index < -0.39 is 0 Å². The van der Waals surface area contributed by atoms with Gasteiger partial charge in [-0.15, -0.1) is 5.10 Å². The van der Waals surface area contributed by atoms with Crippen LogP contribution in [0.1, 0.15) is 17.0 Å². The fourth-order valence-electron chi connectivity index (χ4n) is 4.09. The Morgan fingerprint density at radius 1 is 0.886 bits per heavy atom. The molecule has 3 heterocycles. The van der Waals surface area contributed by atoms with E-state index >= 15 is 0 Å². The van der Waals surface area contributed by atoms with Crippen LogP contribution in [0.2, 0.25) is 10.0 Å². The number of benzene rings is 3. The Kier molecular flexibility index (Phi) is 6.00. The zero-order valence-corrected chi connectivity index (χ0v) is 20.8. The lowest BCUT2D eigenvalue weighted by Crippen LogP contribution is -2.00. The van der Waals surface area contributed by atoms with Crippen molar-refractivity contribution in [3.05, 3.63) is 106 Å². The van der Waals surface area contributed by atoms with Gasteiger partial charge in [0.2, 0.25) is 0 Å². The van der Waals surface area contributed by atoms with Crippen LogP contribution in [0.4, 0.5) is 0 Å². The Hall–Kier alpha value is -3.23. The fraction of sp³-hybridized carbons (Fsp3) is 0.115. The number of aromatic nitrogens is 5. The Balaban J connectivity index is 1.23. The molecule has 0 N–H and O–H groups in total. The van der Waals surface area contributed by atoms with Crippen molar-refractivity contribution in [2.24, 2.45) is 0 Å². The average Bonchev–Trinajstić information content (AvgIpc) is 3.56. The summed E-state index contributed by atoms with van der Waals surface area (Å²) in [5.74, 6) is 0. The molecule has 6 nitrogen and oxygen atoms in total. The highest BCUT2D eigenvalue weighted by atomic mass is 35.5. The van der Waals surface area contributed by atoms with Crippen LogP contribution < -0.4 is 0 Å². The maximum Gasteiger partial charge on any atom is 0.195 e. The summed E-state index contributed by atoms with van der Waals surface area (Å²) in [6.07, 6.45) is 1.88. The Labute approximate surface area is 215 Å². The third-order valence-electron chi connectivity index (χ3n) is 5.70. The van der Waals surface area contributed by atoms with Gasteiger partial charge in [0.05, 0.1) is 57.6 Å². The Bertz CT molecular complexity index is 1640. The summed E-state index contributed by atoms with van der Waals surface area (Å²) in [5.41, 5.74) is 5.90. The van der Waals surface area contributed by atoms with Crippen LogP contribution >= 0.6 is 34.5 Å². The monoisotopic (exact) mass is 519 g/mol. The standard InChI is InChI=1S/C26H19Cl2N5OS/c27-20-11-10-17(12-21(20)28)13-32-14-19(30-31-32)15-34-16-23-25(18-6-2-1-3-7-18)29-26-33(23)22-8-4-5-9-24(22)35-26/h1-12,14H,13,15-16H2. The van der Waals surface area contributed by atoms with Crippen molar-refractivity contribution in [3.63, 3.8) is 0 Å². The summed E-state index contributed by atoms with van der Waals surface area (Å²) in [6, 6.07) is 24.1. The first kappa shape index (κ1) is 22.2. The van der Waals surface area contributed by atoms with Gasteiger partial charge < -0.3 is 4.74 Å². The maximum atomic E-state index is 6.14. The number of halogens is 2. The van der Waals surface area contributed by atoms with Crippen molar-refractivity contribution in [3.8, 4) is 11.3 Å². The molecular weight excluding hydrogens is 501 g/mol. The van der Waals surface area contributed by atoms with Crippen LogP contribution in [0.5, 0.6) is 0 Å². The molecule has 0 aliphatic carbocycles. The van der Waals surface area contributed by atoms with Gasteiger partial charge in [-0.3, -0.25) is 4.40 Å². The van der Waals surface area contributed by atoms with E-state index in [-0.39, 0.29) is 0 Å². The largest absolute Gasteiger partial charge is 0.369 e. The molecule has 0 atom stereocenters. The highest BCUT2D eigenvalue weighted by Gasteiger charge is 2.18. The minimum absolute atomic E-state index is 0.338. The molecule has 6 aromatic rings. The van der Waals surface area contributed by atoms with E-state index in [0.717, 1.165) is 38.7 Å². The van der Waals surface area contributed by atoms with Gasteiger partial charge in [0.1, 0.15) is 5.69 Å². The third-order valence-corrected chi connectivity index (χ3v) is 7.46. The van der Waals surface area contributed by atoms with E-state index in [4.69, 9.17) is 32.9 Å². The molecule has 0 aliphatic heterocycles. The molecule has 6 rings (SSSR count). The quantitative estimate of drug-likeness (QED) is 0.230. The number of hydrogen-bond acceptors (Lipinski definition) is 5. The Morgan fingerprint density at radius 3 is 2.57 bits per heavy atom. The molecule has 0 spiro atoms. The van der Waals surface area contributed by atoms with E-state index in [9.17, 15) is 0 Å². The molecule has 0 radical (unpaired) electrons. The van der Waals surface area contributed by atoms with Gasteiger partial charge in [-0.1, -0.05) is 88.3 Å². The summed E-state index contributed by atoms with van der Waals surface area (Å²) in [6.45, 7) is 1.28. The first-order valence-corrected chi connectivity index (χ1v) is 12.6. The van der Waals surface area contributed by atoms with Gasteiger partial charge in [0, 0.05) is 5.56 Å². The van der Waals surface area contributed by atoms with Gasteiger partial charge in [-0.2, -0.15) is 0 Å². The van der Waals surface area contributed by atoms with Crippen LogP contribution in [-0.4, -0.2) is 24.4 Å². The summed E-state index contributed by atoms with van der Waals surface area (Å²) < 4.78 is 11.3. The van der Waals surface area contributed by atoms with Crippen LogP contribution in [0.25, 0.3) is 26.4 Å². The number of fused-ring (bicyclic) bond motifs is 3. The minimum Gasteiger partial charge on any atom is -0.369 e. The van der Waals surface area contributed by atoms with Crippen molar-refractivity contribution in [2.75, 3.05) is 0 Å². The molecule has 0 saturated heterocycles. The molecule has 174 valence electrons. The van der Waals surface area contributed by atoms with Crippen LogP contribution in [-0.2, 0) is 24.5 Å². The van der Waals surface area contributed by atoms with Crippen LogP contribution in [0, 0.1) is 0 Å². The molecule has 0 aliphatic rings. The zero-order valence-electron chi connectivity index (χ0n) is 18.4. The van der Waals surface area contributed by atoms with E-state index in [1.165, 1.54) is 4.70 Å². The summed E-state index contributed by atoms with van der Waals surface area (Å²) >= 11 is 13.8. The molecule has 0 fully saturated rings. The van der Waals surface area contributed by atoms with Crippen molar-refractivity contribution in [2.45, 2.75) is 19.8 Å². The van der Waals surface area contributed by atoms with Crippen LogP contribution in [0.15, 0.2) is 79.0 Å². The van der Waals surface area contributed by atoms with E-state index in [2.05, 4.69) is 39.0 Å². The molecule has 9 heteroatoms. The van der Waals surface area contributed by atoms with Gasteiger partial charge in [0.15, 0.2) is 4.96 Å². The predicted octanol–water partition coefficient (Wildman–Crippen LogP) is 6.88. The SMILES string of the molecule is Clc1ccc(Cn2cc(COCc3c(-c4ccccc4)nc4sc5ccccc5n34)nn2)cc1Cl. The topological polar surface area (TPSA) is 57.2 Å². The van der Waals surface area contributed by atoms with E-state index in [1.54, 1.807) is 22.1 Å². The number of nitrogens with zero attached hydrogens (tertiary/aromatic N) is 5. The van der Waals surface area contributed by atoms with E-state index in [1.807, 2.05) is 48.7 Å². The van der Waals surface area contributed by atoms with Crippen molar-refractivity contribution >= 4 is 49.7 Å². The molecule has 0 amide bonds. The summed E-state index contributed by atoms with van der Waals surface area (Å²) in [4.78, 5) is 5.91. The minimum atomic E-state index is 0.338. The fourth-order valence-corrected chi connectivity index (χ4v) is 5.46. The number of rotatable bonds is 7. The second-order valence-corrected chi connectivity index (χ2v) is 9.93. The molecule has 3 aromatic heterocycles. The first-order valence-electron chi connectivity index (χ1n) is 11.0. The van der Waals surface area contributed by atoms with E-state index in [0.29, 0.717) is 29.8 Å². The third kappa shape index (κ3) is 4.44. The Morgan fingerprint density at radius 2 is 1.71 bits per heavy atom. The lowest BCUT2D eigenvalue weighted by molar-refractivity contribution is 0.102. The van der Waals surface area contributed by atoms with Crippen LogP contribution in [0.3, 0.4) is 0 Å². The molecule has 35 heavy (non-hydrogen) atoms. The second-order valence-electron chi connectivity index (χ2n) is 8.11. The first-order chi connectivity index (χ1) is 17.2. The van der Waals surface area contributed by atoms with Crippen molar-refractivity contribution in [1.82, 2.24) is 24.4 Å². The number of ether oxygens (including phenoxy) is 1. The maximum absolute atomic E-state index is 6.14. The molecule has 0 bridgehead atoms. The summed E-state index contributed by atoms with van der Waals surface area (Å²) in [5, 5.41) is 9.54. The number of para-hydroxylation sites is 1. The molecule has 0 unspecified atom stereocenters. The highest BCUT2D eigenvalue weighted by Crippen LogP contribution is 2.33. The van der Waals surface area contributed by atoms with Gasteiger partial charge in [-0.05, 0) is 29.8 Å². The van der Waals surface area contributed by atoms with Gasteiger partial charge in [-0.25, -0.2) is 9.67 Å². The lowest BCUT2D eigenvalue weighted by Gasteiger charge is -2.06. The van der Waals surface area contributed by atoms with Gasteiger partial charge >= 0.3 is 0 Å².